The molecule has 0 aliphatic carbocycles. The number of carbonyl (C=O) groups excluding carboxylic acids is 1. The molecule has 0 amide bonds. The van der Waals surface area contributed by atoms with Crippen molar-refractivity contribution in [3.8, 4) is 0 Å². The van der Waals surface area contributed by atoms with E-state index in [1.54, 1.807) is 6.08 Å². The molecule has 0 aromatic heterocycles. The van der Waals surface area contributed by atoms with Crippen LogP contribution < -0.4 is 5.73 Å². The van der Waals surface area contributed by atoms with E-state index in [1.807, 2.05) is 97.1 Å². The summed E-state index contributed by atoms with van der Waals surface area (Å²) < 4.78 is 0. The number of benzene rings is 3. The lowest BCUT2D eigenvalue weighted by Crippen LogP contribution is -2.25. The molecular weight excluding hydrogens is 306 g/mol. The third kappa shape index (κ3) is 4.31. The van der Waals surface area contributed by atoms with Crippen molar-refractivity contribution in [1.82, 2.24) is 0 Å². The average molecular weight is 327 g/mol. The van der Waals surface area contributed by atoms with Crippen LogP contribution >= 0.6 is 0 Å². The van der Waals surface area contributed by atoms with Crippen molar-refractivity contribution >= 4 is 11.9 Å². The number of allylic oxidation sites excluding steroid dienone is 1. The highest BCUT2D eigenvalue weighted by Gasteiger charge is 2.26. The summed E-state index contributed by atoms with van der Waals surface area (Å²) in [7, 11) is 0. The first-order chi connectivity index (χ1) is 12.3. The molecular formula is C23H21NO. The summed E-state index contributed by atoms with van der Waals surface area (Å²) >= 11 is 0. The molecule has 0 fully saturated rings. The van der Waals surface area contributed by atoms with Crippen LogP contribution in [0, 0.1) is 0 Å². The summed E-state index contributed by atoms with van der Waals surface area (Å²) in [6.07, 6.45) is 3.48. The minimum absolute atomic E-state index is 0.00593. The third-order valence-corrected chi connectivity index (χ3v) is 4.25. The molecule has 0 aliphatic heterocycles. The molecule has 25 heavy (non-hydrogen) atoms. The maximum absolute atomic E-state index is 13.0. The minimum atomic E-state index is -0.413. The highest BCUT2D eigenvalue weighted by atomic mass is 16.1. The summed E-state index contributed by atoms with van der Waals surface area (Å²) in [6.45, 7) is 0. The fourth-order valence-corrected chi connectivity index (χ4v) is 2.92. The highest BCUT2D eigenvalue weighted by Crippen LogP contribution is 2.30. The summed E-state index contributed by atoms with van der Waals surface area (Å²) in [5.74, 6) is -0.407. The smallest absolute Gasteiger partial charge is 0.165 e. The van der Waals surface area contributed by atoms with Gasteiger partial charge < -0.3 is 5.73 Å². The SMILES string of the molecule is NC(c1ccccc1)C(C(=O)C=Cc1ccccc1)c1ccccc1. The highest BCUT2D eigenvalue weighted by molar-refractivity contribution is 5.99. The Morgan fingerprint density at radius 3 is 1.76 bits per heavy atom. The molecule has 2 nitrogen and oxygen atoms in total. The molecule has 2 N–H and O–H groups in total. The van der Waals surface area contributed by atoms with Crippen LogP contribution in [0.1, 0.15) is 28.7 Å². The van der Waals surface area contributed by atoms with E-state index in [1.165, 1.54) is 0 Å². The summed E-state index contributed by atoms with van der Waals surface area (Å²) in [4.78, 5) is 13.0. The Labute approximate surface area is 148 Å². The Balaban J connectivity index is 1.91. The van der Waals surface area contributed by atoms with Gasteiger partial charge in [-0.25, -0.2) is 0 Å². The van der Waals surface area contributed by atoms with E-state index in [0.717, 1.165) is 16.7 Å². The van der Waals surface area contributed by atoms with Crippen molar-refractivity contribution in [3.63, 3.8) is 0 Å². The second-order valence-corrected chi connectivity index (χ2v) is 5.97. The molecule has 2 heteroatoms. The largest absolute Gasteiger partial charge is 0.323 e. The molecule has 124 valence electrons. The Bertz CT molecular complexity index is 826. The first-order valence-corrected chi connectivity index (χ1v) is 8.38. The third-order valence-electron chi connectivity index (χ3n) is 4.25. The van der Waals surface area contributed by atoms with E-state index >= 15 is 0 Å². The van der Waals surface area contributed by atoms with Crippen LogP contribution in [0.3, 0.4) is 0 Å². The lowest BCUT2D eigenvalue weighted by Gasteiger charge is -2.22. The molecule has 0 bridgehead atoms. The van der Waals surface area contributed by atoms with Crippen LogP contribution in [-0.2, 0) is 4.79 Å². The zero-order valence-corrected chi connectivity index (χ0v) is 14.0. The second kappa shape index (κ2) is 8.22. The molecule has 0 radical (unpaired) electrons. The van der Waals surface area contributed by atoms with E-state index < -0.39 is 12.0 Å². The van der Waals surface area contributed by atoms with E-state index in [9.17, 15) is 4.79 Å². The Hall–Kier alpha value is -2.97. The number of carbonyl (C=O) groups is 1. The lowest BCUT2D eigenvalue weighted by molar-refractivity contribution is -0.116. The fourth-order valence-electron chi connectivity index (χ4n) is 2.92. The summed E-state index contributed by atoms with van der Waals surface area (Å²) in [5, 5.41) is 0. The van der Waals surface area contributed by atoms with Gasteiger partial charge in [-0.15, -0.1) is 0 Å². The molecule has 0 saturated heterocycles. The molecule has 0 heterocycles. The zero-order valence-electron chi connectivity index (χ0n) is 14.0. The van der Waals surface area contributed by atoms with Gasteiger partial charge in [0.2, 0.25) is 0 Å². The molecule has 0 aliphatic rings. The zero-order chi connectivity index (χ0) is 17.5. The quantitative estimate of drug-likeness (QED) is 0.664. The van der Waals surface area contributed by atoms with Gasteiger partial charge in [-0.2, -0.15) is 0 Å². The predicted molar refractivity (Wildman–Crippen MR) is 103 cm³/mol. The van der Waals surface area contributed by atoms with Crippen LogP contribution in [0.2, 0.25) is 0 Å². The van der Waals surface area contributed by atoms with Crippen molar-refractivity contribution in [3.05, 3.63) is 114 Å². The van der Waals surface area contributed by atoms with Crippen LogP contribution in [0.5, 0.6) is 0 Å². The van der Waals surface area contributed by atoms with E-state index in [-0.39, 0.29) is 5.78 Å². The molecule has 0 saturated carbocycles. The molecule has 3 aromatic rings. The number of hydrogen-bond acceptors (Lipinski definition) is 2. The van der Waals surface area contributed by atoms with Gasteiger partial charge in [0, 0.05) is 6.04 Å². The maximum Gasteiger partial charge on any atom is 0.165 e. The average Bonchev–Trinajstić information content (AvgIpc) is 2.69. The van der Waals surface area contributed by atoms with E-state index in [4.69, 9.17) is 5.73 Å². The first-order valence-electron chi connectivity index (χ1n) is 8.38. The Morgan fingerprint density at radius 2 is 1.20 bits per heavy atom. The Morgan fingerprint density at radius 1 is 0.720 bits per heavy atom. The number of rotatable bonds is 6. The van der Waals surface area contributed by atoms with Crippen molar-refractivity contribution in [2.24, 2.45) is 5.73 Å². The topological polar surface area (TPSA) is 43.1 Å². The maximum atomic E-state index is 13.0. The lowest BCUT2D eigenvalue weighted by atomic mass is 9.84. The van der Waals surface area contributed by atoms with E-state index in [0.29, 0.717) is 0 Å². The van der Waals surface area contributed by atoms with Gasteiger partial charge in [0.1, 0.15) is 0 Å². The van der Waals surface area contributed by atoms with Crippen LogP contribution in [-0.4, -0.2) is 5.78 Å². The van der Waals surface area contributed by atoms with Crippen molar-refractivity contribution in [1.29, 1.82) is 0 Å². The predicted octanol–water partition coefficient (Wildman–Crippen LogP) is 4.75. The summed E-state index contributed by atoms with van der Waals surface area (Å²) in [6, 6.07) is 28.9. The van der Waals surface area contributed by atoms with Gasteiger partial charge in [-0.1, -0.05) is 97.1 Å². The van der Waals surface area contributed by atoms with Crippen LogP contribution in [0.15, 0.2) is 97.1 Å². The van der Waals surface area contributed by atoms with Crippen molar-refractivity contribution < 1.29 is 4.79 Å². The molecule has 0 spiro atoms. The van der Waals surface area contributed by atoms with Gasteiger partial charge in [0.15, 0.2) is 5.78 Å². The normalized spacial score (nSPS) is 13.5. The fraction of sp³-hybridized carbons (Fsp3) is 0.0870. The summed E-state index contributed by atoms with van der Waals surface area (Å²) in [5.41, 5.74) is 9.37. The first kappa shape index (κ1) is 16.9. The van der Waals surface area contributed by atoms with Gasteiger partial charge in [-0.3, -0.25) is 4.79 Å². The number of hydrogen-bond donors (Lipinski definition) is 1. The van der Waals surface area contributed by atoms with Crippen molar-refractivity contribution in [2.75, 3.05) is 0 Å². The monoisotopic (exact) mass is 327 g/mol. The Kier molecular flexibility index (Phi) is 5.55. The van der Waals surface area contributed by atoms with Gasteiger partial charge in [0.25, 0.3) is 0 Å². The standard InChI is InChI=1S/C23H21NO/c24-23(20-14-8-3-9-15-20)22(19-12-6-2-7-13-19)21(25)17-16-18-10-4-1-5-11-18/h1-17,22-23H,24H2. The second-order valence-electron chi connectivity index (χ2n) is 5.97. The van der Waals surface area contributed by atoms with Crippen molar-refractivity contribution in [2.45, 2.75) is 12.0 Å². The molecule has 3 aromatic carbocycles. The van der Waals surface area contributed by atoms with Crippen LogP contribution in [0.25, 0.3) is 6.08 Å². The number of nitrogens with two attached hydrogens (primary N) is 1. The van der Waals surface area contributed by atoms with Gasteiger partial charge in [-0.05, 0) is 22.8 Å². The van der Waals surface area contributed by atoms with Gasteiger partial charge in [0.05, 0.1) is 5.92 Å². The number of ketones is 1. The molecule has 2 unspecified atom stereocenters. The van der Waals surface area contributed by atoms with Crippen LogP contribution in [0.4, 0.5) is 0 Å². The molecule has 3 rings (SSSR count). The van der Waals surface area contributed by atoms with E-state index in [2.05, 4.69) is 0 Å². The van der Waals surface area contributed by atoms with Gasteiger partial charge >= 0.3 is 0 Å². The minimum Gasteiger partial charge on any atom is -0.323 e. The molecule has 2 atom stereocenters.